The fourth-order valence-corrected chi connectivity index (χ4v) is 6.87. The molecule has 0 saturated heterocycles. The number of anilines is 1. The predicted molar refractivity (Wildman–Crippen MR) is 169 cm³/mol. The van der Waals surface area contributed by atoms with Crippen LogP contribution in [0.15, 0.2) is 101 Å². The largest absolute Gasteiger partial charge is 0.508 e. The zero-order chi connectivity index (χ0) is 32.1. The number of phenols is 1. The van der Waals surface area contributed by atoms with Crippen molar-refractivity contribution < 1.29 is 37.3 Å². The van der Waals surface area contributed by atoms with Gasteiger partial charge in [0, 0.05) is 17.7 Å². The van der Waals surface area contributed by atoms with E-state index in [2.05, 4.69) is 10.0 Å². The first kappa shape index (κ1) is 31.2. The molecule has 4 N–H and O–H groups in total. The van der Waals surface area contributed by atoms with Crippen LogP contribution in [-0.2, 0) is 23.2 Å². The molecule has 1 aromatic heterocycles. The highest BCUT2D eigenvalue weighted by atomic mass is 32.2. The Labute approximate surface area is 262 Å². The van der Waals surface area contributed by atoms with Crippen molar-refractivity contribution in [3.63, 3.8) is 0 Å². The number of ether oxygens (including phenoxy) is 1. The number of rotatable bonds is 11. The lowest BCUT2D eigenvalue weighted by Crippen LogP contribution is -2.22. The average Bonchev–Trinajstić information content (AvgIpc) is 3.53. The summed E-state index contributed by atoms with van der Waals surface area (Å²) in [6.45, 7) is 1.87. The number of carbonyl (C=O) groups is 2. The summed E-state index contributed by atoms with van der Waals surface area (Å²) in [5.41, 5.74) is 3.51. The Morgan fingerprint density at radius 3 is 2.42 bits per heavy atom. The number of thiophene rings is 1. The van der Waals surface area contributed by atoms with E-state index >= 15 is 4.39 Å². The Hall–Kier alpha value is -5.20. The number of nitrogens with one attached hydrogen (secondary N) is 2. The Morgan fingerprint density at radius 2 is 1.69 bits per heavy atom. The molecule has 1 heterocycles. The number of carboxylic acid groups (broad SMARTS) is 1. The van der Waals surface area contributed by atoms with Crippen LogP contribution in [-0.4, -0.2) is 30.5 Å². The second kappa shape index (κ2) is 13.2. The van der Waals surface area contributed by atoms with Gasteiger partial charge in [0.15, 0.2) is 5.82 Å². The van der Waals surface area contributed by atoms with Crippen molar-refractivity contribution in [3.8, 4) is 22.6 Å². The van der Waals surface area contributed by atoms with Crippen molar-refractivity contribution in [3.05, 3.63) is 129 Å². The highest BCUT2D eigenvalue weighted by Crippen LogP contribution is 2.28. The molecule has 45 heavy (non-hydrogen) atoms. The molecule has 5 rings (SSSR count). The SMILES string of the molecule is Cc1cc(CNC(=O)c2cccc(-c3ccc(O)cc3)c2)ccc1OCc1cccc(NS(=O)(=O)c2ccsc2C(=O)O)c1F. The van der Waals surface area contributed by atoms with Gasteiger partial charge in [-0.1, -0.05) is 48.5 Å². The first-order chi connectivity index (χ1) is 21.5. The second-order valence-electron chi connectivity index (χ2n) is 10.0. The molecule has 230 valence electrons. The van der Waals surface area contributed by atoms with Crippen LogP contribution < -0.4 is 14.8 Å². The maximum Gasteiger partial charge on any atom is 0.347 e. The molecular weight excluding hydrogens is 620 g/mol. The van der Waals surface area contributed by atoms with Gasteiger partial charge in [0.25, 0.3) is 15.9 Å². The average molecular weight is 647 g/mol. The number of hydrogen-bond donors (Lipinski definition) is 4. The molecular formula is C33H27FN2O7S2. The van der Waals surface area contributed by atoms with Crippen molar-refractivity contribution in [2.75, 3.05) is 4.72 Å². The molecule has 0 fully saturated rings. The lowest BCUT2D eigenvalue weighted by molar-refractivity contribution is 0.0698. The standard InChI is InChI=1S/C33H27FN2O7S2/c1-20-16-21(18-35-32(38)24-5-2-4-23(17-24)22-9-11-26(37)12-10-22)8-13-28(20)43-19-25-6-3-7-27(30(25)34)36-45(41,42)29-14-15-44-31(29)33(39)40/h2-17,36-37H,18-19H2,1H3,(H,35,38)(H,39,40). The third-order valence-electron chi connectivity index (χ3n) is 6.84. The zero-order valence-corrected chi connectivity index (χ0v) is 25.4. The van der Waals surface area contributed by atoms with E-state index in [9.17, 15) is 28.2 Å². The monoisotopic (exact) mass is 646 g/mol. The van der Waals surface area contributed by atoms with Gasteiger partial charge < -0.3 is 20.3 Å². The zero-order valence-electron chi connectivity index (χ0n) is 23.8. The smallest absolute Gasteiger partial charge is 0.347 e. The highest BCUT2D eigenvalue weighted by Gasteiger charge is 2.25. The minimum absolute atomic E-state index is 0.0873. The number of aromatic hydroxyl groups is 1. The minimum Gasteiger partial charge on any atom is -0.508 e. The number of halogens is 1. The molecule has 4 aromatic carbocycles. The molecule has 0 saturated carbocycles. The van der Waals surface area contributed by atoms with Gasteiger partial charge in [-0.15, -0.1) is 11.3 Å². The van der Waals surface area contributed by atoms with E-state index in [-0.39, 0.29) is 40.9 Å². The molecule has 0 aliphatic heterocycles. The summed E-state index contributed by atoms with van der Waals surface area (Å²) >= 11 is 0.754. The molecule has 5 aromatic rings. The van der Waals surface area contributed by atoms with Gasteiger partial charge >= 0.3 is 5.97 Å². The molecule has 0 atom stereocenters. The Bertz CT molecular complexity index is 1990. The third-order valence-corrected chi connectivity index (χ3v) is 9.28. The van der Waals surface area contributed by atoms with Crippen LogP contribution in [0.4, 0.5) is 10.1 Å². The molecule has 0 unspecified atom stereocenters. The van der Waals surface area contributed by atoms with Crippen LogP contribution in [0.3, 0.4) is 0 Å². The molecule has 9 nitrogen and oxygen atoms in total. The van der Waals surface area contributed by atoms with Crippen LogP contribution in [0.25, 0.3) is 11.1 Å². The fraction of sp³-hybridized carbons (Fsp3) is 0.0909. The Kier molecular flexibility index (Phi) is 9.16. The summed E-state index contributed by atoms with van der Waals surface area (Å²) < 4.78 is 48.7. The van der Waals surface area contributed by atoms with E-state index < -0.39 is 26.7 Å². The van der Waals surface area contributed by atoms with E-state index in [0.717, 1.165) is 39.7 Å². The molecule has 0 aliphatic rings. The highest BCUT2D eigenvalue weighted by molar-refractivity contribution is 7.93. The Morgan fingerprint density at radius 1 is 0.933 bits per heavy atom. The maximum absolute atomic E-state index is 15.3. The van der Waals surface area contributed by atoms with Gasteiger partial charge in [-0.3, -0.25) is 9.52 Å². The normalized spacial score (nSPS) is 11.2. The van der Waals surface area contributed by atoms with Crippen molar-refractivity contribution in [2.45, 2.75) is 25.0 Å². The van der Waals surface area contributed by atoms with Gasteiger partial charge in [0.05, 0.1) is 5.69 Å². The molecule has 0 aliphatic carbocycles. The van der Waals surface area contributed by atoms with Crippen molar-refractivity contribution >= 4 is 38.9 Å². The van der Waals surface area contributed by atoms with E-state index in [0.29, 0.717) is 11.3 Å². The summed E-state index contributed by atoms with van der Waals surface area (Å²) in [5, 5.41) is 23.0. The van der Waals surface area contributed by atoms with Crippen LogP contribution in [0.1, 0.15) is 36.7 Å². The Balaban J connectivity index is 1.21. The van der Waals surface area contributed by atoms with E-state index in [1.165, 1.54) is 23.6 Å². The number of carbonyl (C=O) groups excluding carboxylic acids is 1. The number of benzene rings is 4. The summed E-state index contributed by atoms with van der Waals surface area (Å²) in [5.74, 6) is -1.86. The van der Waals surface area contributed by atoms with Crippen LogP contribution in [0, 0.1) is 12.7 Å². The number of amides is 1. The lowest BCUT2D eigenvalue weighted by Gasteiger charge is -2.14. The number of carboxylic acids is 1. The van der Waals surface area contributed by atoms with Crippen LogP contribution >= 0.6 is 11.3 Å². The van der Waals surface area contributed by atoms with Crippen molar-refractivity contribution in [2.24, 2.45) is 0 Å². The minimum atomic E-state index is -4.35. The molecule has 0 bridgehead atoms. The van der Waals surface area contributed by atoms with Crippen LogP contribution in [0.2, 0.25) is 0 Å². The van der Waals surface area contributed by atoms with Gasteiger partial charge in [0.1, 0.15) is 27.9 Å². The molecule has 0 spiro atoms. The topological polar surface area (TPSA) is 142 Å². The van der Waals surface area contributed by atoms with Crippen molar-refractivity contribution in [1.82, 2.24) is 5.32 Å². The van der Waals surface area contributed by atoms with Crippen molar-refractivity contribution in [1.29, 1.82) is 0 Å². The molecule has 0 radical (unpaired) electrons. The quantitative estimate of drug-likeness (QED) is 0.127. The first-order valence-electron chi connectivity index (χ1n) is 13.5. The number of aromatic carboxylic acids is 1. The van der Waals surface area contributed by atoms with Crippen LogP contribution in [0.5, 0.6) is 11.5 Å². The lowest BCUT2D eigenvalue weighted by atomic mass is 10.0. The fourth-order valence-electron chi connectivity index (χ4n) is 4.55. The number of hydrogen-bond acceptors (Lipinski definition) is 7. The predicted octanol–water partition coefficient (Wildman–Crippen LogP) is 6.58. The molecule has 12 heteroatoms. The second-order valence-corrected chi connectivity index (χ2v) is 12.6. The summed E-state index contributed by atoms with van der Waals surface area (Å²) in [6.07, 6.45) is 0. The van der Waals surface area contributed by atoms with Gasteiger partial charge in [0.2, 0.25) is 0 Å². The van der Waals surface area contributed by atoms with E-state index in [1.54, 1.807) is 54.6 Å². The van der Waals surface area contributed by atoms with E-state index in [1.807, 2.05) is 19.1 Å². The summed E-state index contributed by atoms with van der Waals surface area (Å²) in [6, 6.07) is 24.5. The van der Waals surface area contributed by atoms with Gasteiger partial charge in [-0.25, -0.2) is 17.6 Å². The van der Waals surface area contributed by atoms with Gasteiger partial charge in [-0.2, -0.15) is 0 Å². The number of aryl methyl sites for hydroxylation is 1. The summed E-state index contributed by atoms with van der Waals surface area (Å²) in [7, 11) is -4.35. The van der Waals surface area contributed by atoms with Gasteiger partial charge in [-0.05, 0) is 77.0 Å². The summed E-state index contributed by atoms with van der Waals surface area (Å²) in [4.78, 5) is 23.4. The first-order valence-corrected chi connectivity index (χ1v) is 15.9. The maximum atomic E-state index is 15.3. The number of phenolic OH excluding ortho intramolecular Hbond substituents is 1. The molecule has 1 amide bonds. The van der Waals surface area contributed by atoms with E-state index in [4.69, 9.17) is 4.74 Å². The number of sulfonamides is 1. The third kappa shape index (κ3) is 7.31.